The van der Waals surface area contributed by atoms with Crippen LogP contribution in [0.3, 0.4) is 0 Å². The van der Waals surface area contributed by atoms with Crippen molar-refractivity contribution in [2.45, 2.75) is 162 Å². The Labute approximate surface area is 206 Å². The second-order valence-electron chi connectivity index (χ2n) is 9.66. The smallest absolute Gasteiger partial charge is 0.305 e. The Bertz CT molecular complexity index is 422. The average Bonchev–Trinajstić information content (AvgIpc) is 2.81. The lowest BCUT2D eigenvalue weighted by molar-refractivity contribution is -0.144. The monoisotopic (exact) mass is 468 g/mol. The van der Waals surface area contributed by atoms with Crippen molar-refractivity contribution in [3.63, 3.8) is 0 Å². The molecule has 33 heavy (non-hydrogen) atoms. The highest BCUT2D eigenvalue weighted by Gasteiger charge is 2.05. The lowest BCUT2D eigenvalue weighted by atomic mass is 10.1. The highest BCUT2D eigenvalue weighted by atomic mass is 16.5. The number of hydrogen-bond donors (Lipinski definition) is 0. The molecule has 0 bridgehead atoms. The molecule has 0 aromatic heterocycles. The summed E-state index contributed by atoms with van der Waals surface area (Å²) in [5, 5.41) is 0. The van der Waals surface area contributed by atoms with E-state index in [1.807, 2.05) is 0 Å². The second-order valence-corrected chi connectivity index (χ2v) is 9.66. The Hall–Kier alpha value is -1.06. The fraction of sp³-hybridized carbons (Fsp3) is 0.931. The summed E-state index contributed by atoms with van der Waals surface area (Å²) >= 11 is 0. The van der Waals surface area contributed by atoms with Gasteiger partial charge in [0.15, 0.2) is 0 Å². The zero-order chi connectivity index (χ0) is 24.2. The number of hydrogen-bond acceptors (Lipinski definition) is 4. The van der Waals surface area contributed by atoms with Gasteiger partial charge in [-0.05, 0) is 25.7 Å². The molecule has 0 amide bonds. The van der Waals surface area contributed by atoms with E-state index < -0.39 is 0 Å². The fourth-order valence-electron chi connectivity index (χ4n) is 4.06. The van der Waals surface area contributed by atoms with E-state index >= 15 is 0 Å². The van der Waals surface area contributed by atoms with E-state index in [0.29, 0.717) is 26.1 Å². The lowest BCUT2D eigenvalue weighted by Crippen LogP contribution is -2.07. The first-order chi connectivity index (χ1) is 16.2. The molecule has 0 atom stereocenters. The Kier molecular flexibility index (Phi) is 26.3. The number of unbranched alkanes of at least 4 members (excludes halogenated alkanes) is 18. The maximum atomic E-state index is 11.8. The van der Waals surface area contributed by atoms with Crippen LogP contribution >= 0.6 is 0 Å². The van der Waals surface area contributed by atoms with Crippen LogP contribution in [0, 0.1) is 0 Å². The van der Waals surface area contributed by atoms with Crippen LogP contribution in [0.15, 0.2) is 0 Å². The van der Waals surface area contributed by atoms with Gasteiger partial charge in [0.2, 0.25) is 0 Å². The van der Waals surface area contributed by atoms with Crippen molar-refractivity contribution in [3.05, 3.63) is 0 Å². The van der Waals surface area contributed by atoms with Crippen LogP contribution in [0.2, 0.25) is 0 Å². The number of esters is 2. The van der Waals surface area contributed by atoms with Gasteiger partial charge in [-0.3, -0.25) is 9.59 Å². The Morgan fingerprint density at radius 3 is 1.00 bits per heavy atom. The zero-order valence-electron chi connectivity index (χ0n) is 22.3. The van der Waals surface area contributed by atoms with E-state index in [1.165, 1.54) is 89.9 Å². The van der Waals surface area contributed by atoms with Gasteiger partial charge < -0.3 is 9.47 Å². The molecule has 4 nitrogen and oxygen atoms in total. The molecule has 0 aliphatic carbocycles. The molecule has 0 saturated carbocycles. The largest absolute Gasteiger partial charge is 0.466 e. The van der Waals surface area contributed by atoms with Gasteiger partial charge >= 0.3 is 11.9 Å². The first-order valence-electron chi connectivity index (χ1n) is 14.5. The molecule has 0 heterocycles. The average molecular weight is 469 g/mol. The van der Waals surface area contributed by atoms with Crippen LogP contribution in [0.25, 0.3) is 0 Å². The number of rotatable bonds is 26. The van der Waals surface area contributed by atoms with Crippen molar-refractivity contribution in [3.8, 4) is 0 Å². The molecule has 0 aromatic carbocycles. The molecule has 0 unspecified atom stereocenters. The summed E-state index contributed by atoms with van der Waals surface area (Å²) in [7, 11) is 0. The molecule has 0 aliphatic heterocycles. The van der Waals surface area contributed by atoms with Gasteiger partial charge in [-0.2, -0.15) is 0 Å². The molecule has 0 aliphatic rings. The Balaban J connectivity index is 3.28. The van der Waals surface area contributed by atoms with E-state index in [1.54, 1.807) is 0 Å². The van der Waals surface area contributed by atoms with Crippen LogP contribution in [-0.2, 0) is 19.1 Å². The Morgan fingerprint density at radius 1 is 0.394 bits per heavy atom. The minimum atomic E-state index is -0.0959. The summed E-state index contributed by atoms with van der Waals surface area (Å²) in [4.78, 5) is 23.5. The van der Waals surface area contributed by atoms with Crippen molar-refractivity contribution >= 4 is 11.9 Å². The van der Waals surface area contributed by atoms with Crippen LogP contribution in [0.4, 0.5) is 0 Å². The third kappa shape index (κ3) is 27.1. The molecule has 0 rings (SSSR count). The van der Waals surface area contributed by atoms with Crippen LogP contribution in [0.1, 0.15) is 162 Å². The normalized spacial score (nSPS) is 11.0. The van der Waals surface area contributed by atoms with Gasteiger partial charge in [0.25, 0.3) is 0 Å². The zero-order valence-corrected chi connectivity index (χ0v) is 22.3. The van der Waals surface area contributed by atoms with Crippen molar-refractivity contribution in [1.29, 1.82) is 0 Å². The fourth-order valence-corrected chi connectivity index (χ4v) is 4.06. The number of carbonyl (C=O) groups excluding carboxylic acids is 2. The maximum absolute atomic E-state index is 11.8. The molecule has 0 fully saturated rings. The molecule has 0 aromatic rings. The highest BCUT2D eigenvalue weighted by molar-refractivity contribution is 5.69. The van der Waals surface area contributed by atoms with Gasteiger partial charge in [-0.25, -0.2) is 0 Å². The van der Waals surface area contributed by atoms with E-state index in [4.69, 9.17) is 9.47 Å². The van der Waals surface area contributed by atoms with E-state index in [-0.39, 0.29) is 11.9 Å². The number of carbonyl (C=O) groups is 2. The second kappa shape index (κ2) is 27.2. The summed E-state index contributed by atoms with van der Waals surface area (Å²) in [6, 6.07) is 0. The van der Waals surface area contributed by atoms with Crippen molar-refractivity contribution in [2.75, 3.05) is 13.2 Å². The van der Waals surface area contributed by atoms with Gasteiger partial charge in [0.05, 0.1) is 13.2 Å². The van der Waals surface area contributed by atoms with E-state index in [2.05, 4.69) is 13.8 Å². The van der Waals surface area contributed by atoms with E-state index in [9.17, 15) is 9.59 Å². The summed E-state index contributed by atoms with van der Waals surface area (Å²) in [6.45, 7) is 5.60. The topological polar surface area (TPSA) is 52.6 Å². The minimum Gasteiger partial charge on any atom is -0.466 e. The van der Waals surface area contributed by atoms with Crippen LogP contribution in [-0.4, -0.2) is 25.2 Å². The molecule has 0 radical (unpaired) electrons. The molecule has 196 valence electrons. The quantitative estimate of drug-likeness (QED) is 0.0938. The maximum Gasteiger partial charge on any atom is 0.305 e. The summed E-state index contributed by atoms with van der Waals surface area (Å²) in [5.41, 5.74) is 0. The highest BCUT2D eigenvalue weighted by Crippen LogP contribution is 2.11. The predicted molar refractivity (Wildman–Crippen MR) is 139 cm³/mol. The molecular formula is C29H56O4. The molecule has 4 heteroatoms. The van der Waals surface area contributed by atoms with Crippen LogP contribution in [0.5, 0.6) is 0 Å². The molecule has 0 N–H and O–H groups in total. The molecule has 0 saturated heterocycles. The third-order valence-corrected chi connectivity index (χ3v) is 6.28. The summed E-state index contributed by atoms with van der Waals surface area (Å²) in [6.07, 6.45) is 26.2. The Morgan fingerprint density at radius 2 is 0.667 bits per heavy atom. The van der Waals surface area contributed by atoms with Crippen molar-refractivity contribution < 1.29 is 19.1 Å². The molecular weight excluding hydrogens is 412 g/mol. The first kappa shape index (κ1) is 31.9. The number of ether oxygens (including phenoxy) is 2. The van der Waals surface area contributed by atoms with Gasteiger partial charge in [-0.1, -0.05) is 123 Å². The van der Waals surface area contributed by atoms with Gasteiger partial charge in [0, 0.05) is 12.8 Å². The molecule has 0 spiro atoms. The van der Waals surface area contributed by atoms with E-state index in [0.717, 1.165) is 44.9 Å². The van der Waals surface area contributed by atoms with Gasteiger partial charge in [0.1, 0.15) is 0 Å². The summed E-state index contributed by atoms with van der Waals surface area (Å²) < 4.78 is 10.6. The summed E-state index contributed by atoms with van der Waals surface area (Å²) in [5.74, 6) is -0.190. The first-order valence-corrected chi connectivity index (χ1v) is 14.5. The van der Waals surface area contributed by atoms with Gasteiger partial charge in [-0.15, -0.1) is 0 Å². The standard InChI is InChI=1S/C29H56O4/c1-3-5-7-9-11-13-14-16-18-23-27-33-29(31)25-21-19-20-24-28(30)32-26-22-17-15-12-10-8-6-4-2/h3-27H2,1-2H3. The van der Waals surface area contributed by atoms with Crippen molar-refractivity contribution in [1.82, 2.24) is 0 Å². The third-order valence-electron chi connectivity index (χ3n) is 6.28. The minimum absolute atomic E-state index is 0.0943. The SMILES string of the molecule is CCCCCCCCCCCCOC(=O)CCCCCC(=O)OCCCCCCCCCC. The predicted octanol–water partition coefficient (Wildman–Crippen LogP) is 9.08. The lowest BCUT2D eigenvalue weighted by Gasteiger charge is -2.06. The van der Waals surface area contributed by atoms with Crippen molar-refractivity contribution in [2.24, 2.45) is 0 Å². The van der Waals surface area contributed by atoms with Crippen LogP contribution < -0.4 is 0 Å².